The van der Waals surface area contributed by atoms with Crippen molar-refractivity contribution in [1.29, 1.82) is 5.26 Å². The van der Waals surface area contributed by atoms with Gasteiger partial charge >= 0.3 is 5.97 Å². The van der Waals surface area contributed by atoms with Crippen molar-refractivity contribution >= 4 is 28.0 Å². The van der Waals surface area contributed by atoms with Crippen LogP contribution in [0, 0.1) is 16.7 Å². The molecule has 1 aromatic rings. The summed E-state index contributed by atoms with van der Waals surface area (Å²) in [6, 6.07) is 2.04. The Kier molecular flexibility index (Phi) is 4.73. The second-order valence-corrected chi connectivity index (χ2v) is 6.51. The van der Waals surface area contributed by atoms with E-state index in [1.165, 1.54) is 30.6 Å². The number of hydrogen-bond acceptors (Lipinski definition) is 6. The van der Waals surface area contributed by atoms with E-state index >= 15 is 0 Å². The van der Waals surface area contributed by atoms with Crippen LogP contribution in [-0.2, 0) is 4.74 Å². The van der Waals surface area contributed by atoms with E-state index in [4.69, 9.17) is 15.7 Å². The predicted molar refractivity (Wildman–Crippen MR) is 84.5 cm³/mol. The monoisotopic (exact) mass is 307 g/mol. The summed E-state index contributed by atoms with van der Waals surface area (Å²) in [5.74, 6) is -0.462. The van der Waals surface area contributed by atoms with Crippen LogP contribution in [-0.4, -0.2) is 19.1 Å². The van der Waals surface area contributed by atoms with Crippen molar-refractivity contribution in [2.75, 3.05) is 24.2 Å². The molecule has 0 radical (unpaired) electrons. The van der Waals surface area contributed by atoms with Gasteiger partial charge in [0.05, 0.1) is 12.3 Å². The third-order valence-electron chi connectivity index (χ3n) is 3.89. The molecule has 5 nitrogen and oxygen atoms in total. The number of esters is 1. The zero-order valence-electron chi connectivity index (χ0n) is 12.5. The summed E-state index contributed by atoms with van der Waals surface area (Å²) < 4.78 is 5.04. The predicted octanol–water partition coefficient (Wildman–Crippen LogP) is 3.37. The largest absolute Gasteiger partial charge is 0.462 e. The number of nitriles is 1. The van der Waals surface area contributed by atoms with Crippen LogP contribution < -0.4 is 11.1 Å². The van der Waals surface area contributed by atoms with E-state index in [9.17, 15) is 4.79 Å². The van der Waals surface area contributed by atoms with E-state index in [2.05, 4.69) is 12.2 Å². The van der Waals surface area contributed by atoms with Crippen LogP contribution in [0.2, 0.25) is 0 Å². The number of nitrogens with one attached hydrogen (secondary N) is 1. The lowest BCUT2D eigenvalue weighted by molar-refractivity contribution is 0.0529. The molecular weight excluding hydrogens is 286 g/mol. The van der Waals surface area contributed by atoms with Crippen molar-refractivity contribution < 1.29 is 9.53 Å². The van der Waals surface area contributed by atoms with Crippen LogP contribution in [0.3, 0.4) is 0 Å². The Morgan fingerprint density at radius 2 is 2.24 bits per heavy atom. The summed E-state index contributed by atoms with van der Waals surface area (Å²) >= 11 is 1.23. The van der Waals surface area contributed by atoms with Crippen LogP contribution in [0.25, 0.3) is 0 Å². The second-order valence-electron chi connectivity index (χ2n) is 5.48. The molecule has 1 saturated carbocycles. The Bertz CT molecular complexity index is 570. The molecule has 0 unspecified atom stereocenters. The van der Waals surface area contributed by atoms with Gasteiger partial charge in [0.15, 0.2) is 0 Å². The summed E-state index contributed by atoms with van der Waals surface area (Å²) in [7, 11) is 0. The Morgan fingerprint density at radius 1 is 1.52 bits per heavy atom. The second kappa shape index (κ2) is 6.35. The average molecular weight is 307 g/mol. The normalized spacial score (nSPS) is 15.3. The third kappa shape index (κ3) is 3.30. The van der Waals surface area contributed by atoms with Gasteiger partial charge in [-0.15, -0.1) is 11.3 Å². The smallest absolute Gasteiger partial charge is 0.343 e. The molecule has 0 aromatic carbocycles. The lowest BCUT2D eigenvalue weighted by Gasteiger charge is -2.15. The topological polar surface area (TPSA) is 88.1 Å². The number of anilines is 2. The third-order valence-corrected chi connectivity index (χ3v) is 4.96. The molecule has 1 aromatic heterocycles. The van der Waals surface area contributed by atoms with Crippen molar-refractivity contribution in [3.05, 3.63) is 10.4 Å². The Morgan fingerprint density at radius 3 is 2.76 bits per heavy atom. The highest BCUT2D eigenvalue weighted by molar-refractivity contribution is 7.17. The molecular formula is C15H21N3O2S. The van der Waals surface area contributed by atoms with Crippen molar-refractivity contribution in [2.45, 2.75) is 39.5 Å². The summed E-state index contributed by atoms with van der Waals surface area (Å²) in [5, 5.41) is 13.1. The first-order valence-electron chi connectivity index (χ1n) is 7.30. The molecule has 1 heterocycles. The van der Waals surface area contributed by atoms with Gasteiger partial charge in [0.2, 0.25) is 0 Å². The maximum absolute atomic E-state index is 12.0. The van der Waals surface area contributed by atoms with Gasteiger partial charge in [0, 0.05) is 6.54 Å². The minimum Gasteiger partial charge on any atom is -0.462 e. The number of thiophene rings is 1. The minimum absolute atomic E-state index is 0.226. The SMILES string of the molecule is CCCC1(CNc2sc(C#N)c(N)c2C(=O)OCC)CC1. The van der Waals surface area contributed by atoms with Crippen LogP contribution in [0.1, 0.15) is 54.8 Å². The van der Waals surface area contributed by atoms with E-state index in [-0.39, 0.29) is 12.3 Å². The van der Waals surface area contributed by atoms with Gasteiger partial charge in [0.1, 0.15) is 21.5 Å². The quantitative estimate of drug-likeness (QED) is 0.754. The minimum atomic E-state index is -0.462. The molecule has 3 N–H and O–H groups in total. The van der Waals surface area contributed by atoms with Crippen molar-refractivity contribution in [3.8, 4) is 6.07 Å². The van der Waals surface area contributed by atoms with E-state index in [1.54, 1.807) is 6.92 Å². The molecule has 0 amide bonds. The van der Waals surface area contributed by atoms with Crippen LogP contribution in [0.4, 0.5) is 10.7 Å². The van der Waals surface area contributed by atoms with Gasteiger partial charge in [-0.3, -0.25) is 0 Å². The van der Waals surface area contributed by atoms with Crippen molar-refractivity contribution in [3.63, 3.8) is 0 Å². The fraction of sp³-hybridized carbons (Fsp3) is 0.600. The first kappa shape index (κ1) is 15.6. The van der Waals surface area contributed by atoms with Crippen LogP contribution in [0.5, 0.6) is 0 Å². The summed E-state index contributed by atoms with van der Waals surface area (Å²) in [6.45, 7) is 5.04. The molecule has 0 aliphatic heterocycles. The van der Waals surface area contributed by atoms with E-state index in [1.807, 2.05) is 6.07 Å². The summed E-state index contributed by atoms with van der Waals surface area (Å²) in [5.41, 5.74) is 6.80. The number of carbonyl (C=O) groups is 1. The highest BCUT2D eigenvalue weighted by Crippen LogP contribution is 2.50. The molecule has 2 rings (SSSR count). The number of nitrogens with two attached hydrogens (primary N) is 1. The maximum Gasteiger partial charge on any atom is 0.343 e. The van der Waals surface area contributed by atoms with Crippen LogP contribution in [0.15, 0.2) is 0 Å². The van der Waals surface area contributed by atoms with Gasteiger partial charge in [-0.25, -0.2) is 4.79 Å². The fourth-order valence-corrected chi connectivity index (χ4v) is 3.45. The van der Waals surface area contributed by atoms with E-state index < -0.39 is 5.97 Å². The average Bonchev–Trinajstić information content (AvgIpc) is 3.14. The molecule has 0 bridgehead atoms. The Labute approximate surface area is 129 Å². The number of carbonyl (C=O) groups excluding carboxylic acids is 1. The lowest BCUT2D eigenvalue weighted by atomic mass is 10.0. The number of nitrogen functional groups attached to an aromatic ring is 1. The Balaban J connectivity index is 2.18. The fourth-order valence-electron chi connectivity index (χ4n) is 2.55. The molecule has 0 atom stereocenters. The lowest BCUT2D eigenvalue weighted by Crippen LogP contribution is -2.17. The number of hydrogen-bond donors (Lipinski definition) is 2. The number of nitrogens with zero attached hydrogens (tertiary/aromatic N) is 1. The van der Waals surface area contributed by atoms with Crippen molar-refractivity contribution in [2.24, 2.45) is 5.41 Å². The molecule has 0 saturated heterocycles. The number of ether oxygens (including phenoxy) is 1. The summed E-state index contributed by atoms with van der Waals surface area (Å²) in [6.07, 6.45) is 4.77. The van der Waals surface area contributed by atoms with E-state index in [0.29, 0.717) is 20.9 Å². The first-order valence-corrected chi connectivity index (χ1v) is 8.12. The molecule has 0 spiro atoms. The van der Waals surface area contributed by atoms with Gasteiger partial charge < -0.3 is 15.8 Å². The molecule has 6 heteroatoms. The van der Waals surface area contributed by atoms with Crippen molar-refractivity contribution in [1.82, 2.24) is 0 Å². The molecule has 21 heavy (non-hydrogen) atoms. The molecule has 1 fully saturated rings. The maximum atomic E-state index is 12.0. The van der Waals surface area contributed by atoms with Gasteiger partial charge in [-0.1, -0.05) is 13.3 Å². The van der Waals surface area contributed by atoms with E-state index in [0.717, 1.165) is 13.0 Å². The number of rotatable bonds is 7. The van der Waals surface area contributed by atoms with Crippen LogP contribution >= 0.6 is 11.3 Å². The summed E-state index contributed by atoms with van der Waals surface area (Å²) in [4.78, 5) is 12.4. The standard InChI is InChI=1S/C15H21N3O2S/c1-3-5-15(6-7-15)9-18-13-11(14(19)20-4-2)12(17)10(8-16)21-13/h18H,3-7,9,17H2,1-2H3. The highest BCUT2D eigenvalue weighted by atomic mass is 32.1. The highest BCUT2D eigenvalue weighted by Gasteiger charge is 2.41. The molecule has 114 valence electrons. The van der Waals surface area contributed by atoms with Gasteiger partial charge in [-0.2, -0.15) is 5.26 Å². The first-order chi connectivity index (χ1) is 10.1. The molecule has 1 aliphatic carbocycles. The molecule has 1 aliphatic rings. The van der Waals surface area contributed by atoms with Gasteiger partial charge in [0.25, 0.3) is 0 Å². The zero-order chi connectivity index (χ0) is 15.5. The van der Waals surface area contributed by atoms with Gasteiger partial charge in [-0.05, 0) is 31.6 Å². The Hall–Kier alpha value is -1.74. The zero-order valence-corrected chi connectivity index (χ0v) is 13.3.